The first-order valence-electron chi connectivity index (χ1n) is 9.24. The number of fused-ring (bicyclic) bond motifs is 1. The van der Waals surface area contributed by atoms with Gasteiger partial charge in [0.05, 0.1) is 10.8 Å². The molecule has 2 aromatic rings. The number of benzene rings is 2. The van der Waals surface area contributed by atoms with E-state index in [2.05, 4.69) is 16.9 Å². The van der Waals surface area contributed by atoms with E-state index in [9.17, 15) is 19.7 Å². The van der Waals surface area contributed by atoms with E-state index in [0.717, 1.165) is 24.9 Å². The molecular weight excluding hydrogens is 360 g/mol. The number of hydrogen-bond donors (Lipinski definition) is 2. The summed E-state index contributed by atoms with van der Waals surface area (Å²) < 4.78 is 0. The van der Waals surface area contributed by atoms with Gasteiger partial charge in [0.2, 0.25) is 11.8 Å². The maximum atomic E-state index is 12.5. The van der Waals surface area contributed by atoms with E-state index in [0.29, 0.717) is 6.54 Å². The third kappa shape index (κ3) is 3.40. The number of rotatable bonds is 5. The van der Waals surface area contributed by atoms with Crippen molar-refractivity contribution in [1.29, 1.82) is 0 Å². The quantitative estimate of drug-likeness (QED) is 0.613. The van der Waals surface area contributed by atoms with Gasteiger partial charge < -0.3 is 4.90 Å². The van der Waals surface area contributed by atoms with E-state index in [4.69, 9.17) is 0 Å². The van der Waals surface area contributed by atoms with Gasteiger partial charge in [-0.15, -0.1) is 0 Å². The van der Waals surface area contributed by atoms with Crippen molar-refractivity contribution in [2.75, 3.05) is 16.9 Å². The Morgan fingerprint density at radius 2 is 1.93 bits per heavy atom. The minimum Gasteiger partial charge on any atom is -0.312 e. The van der Waals surface area contributed by atoms with Crippen molar-refractivity contribution in [2.45, 2.75) is 25.7 Å². The number of nitrogens with one attached hydrogen (secondary N) is 2. The fourth-order valence-electron chi connectivity index (χ4n) is 3.83. The summed E-state index contributed by atoms with van der Waals surface area (Å²) in [6.45, 7) is 0.294. The standard InChI is InChI=1S/C20H20N4O4/c25-19-11-15(12-23(19)16-9-8-13-4-3-5-14(13)10-16)20(26)22-21-17-6-1-2-7-18(17)24(27)28/h1-2,6-10,15,21H,3-5,11-12H2,(H,22,26). The lowest BCUT2D eigenvalue weighted by Gasteiger charge is -2.18. The molecule has 8 heteroatoms. The normalized spacial score (nSPS) is 18.1. The molecule has 2 N–H and O–H groups in total. The Kier molecular flexibility index (Phi) is 4.68. The zero-order valence-corrected chi connectivity index (χ0v) is 15.2. The third-order valence-electron chi connectivity index (χ3n) is 5.31. The lowest BCUT2D eigenvalue weighted by atomic mass is 10.1. The van der Waals surface area contributed by atoms with Crippen LogP contribution in [0.5, 0.6) is 0 Å². The number of nitrogens with zero attached hydrogens (tertiary/aromatic N) is 2. The lowest BCUT2D eigenvalue weighted by molar-refractivity contribution is -0.384. The molecule has 2 aromatic carbocycles. The fraction of sp³-hybridized carbons (Fsp3) is 0.300. The third-order valence-corrected chi connectivity index (χ3v) is 5.31. The molecular formula is C20H20N4O4. The number of anilines is 2. The van der Waals surface area contributed by atoms with E-state index < -0.39 is 10.8 Å². The molecule has 1 heterocycles. The van der Waals surface area contributed by atoms with Crippen molar-refractivity contribution in [2.24, 2.45) is 5.92 Å². The molecule has 1 atom stereocenters. The number of amides is 2. The fourth-order valence-corrected chi connectivity index (χ4v) is 3.83. The van der Waals surface area contributed by atoms with Crippen molar-refractivity contribution < 1.29 is 14.5 Å². The number of carbonyl (C=O) groups is 2. The van der Waals surface area contributed by atoms with Crippen LogP contribution in [0.2, 0.25) is 0 Å². The number of carbonyl (C=O) groups excluding carboxylic acids is 2. The number of para-hydroxylation sites is 2. The van der Waals surface area contributed by atoms with Gasteiger partial charge in [-0.25, -0.2) is 0 Å². The van der Waals surface area contributed by atoms with Gasteiger partial charge >= 0.3 is 0 Å². The highest BCUT2D eigenvalue weighted by Gasteiger charge is 2.35. The van der Waals surface area contributed by atoms with Gasteiger partial charge in [-0.3, -0.25) is 30.6 Å². The molecule has 0 spiro atoms. The molecule has 2 aliphatic rings. The molecule has 1 aliphatic carbocycles. The van der Waals surface area contributed by atoms with E-state index >= 15 is 0 Å². The van der Waals surface area contributed by atoms with Crippen LogP contribution in [0.1, 0.15) is 24.0 Å². The molecule has 2 amide bonds. The summed E-state index contributed by atoms with van der Waals surface area (Å²) >= 11 is 0. The Balaban J connectivity index is 1.41. The predicted molar refractivity (Wildman–Crippen MR) is 104 cm³/mol. The largest absolute Gasteiger partial charge is 0.312 e. The Morgan fingerprint density at radius 3 is 2.75 bits per heavy atom. The summed E-state index contributed by atoms with van der Waals surface area (Å²) in [6.07, 6.45) is 3.34. The average Bonchev–Trinajstić information content (AvgIpc) is 3.32. The first-order valence-corrected chi connectivity index (χ1v) is 9.24. The highest BCUT2D eigenvalue weighted by atomic mass is 16.6. The first kappa shape index (κ1) is 18.0. The molecule has 0 bridgehead atoms. The average molecular weight is 380 g/mol. The van der Waals surface area contributed by atoms with Gasteiger partial charge in [0.1, 0.15) is 5.69 Å². The predicted octanol–water partition coefficient (Wildman–Crippen LogP) is 2.58. The molecule has 1 unspecified atom stereocenters. The summed E-state index contributed by atoms with van der Waals surface area (Å²) in [4.78, 5) is 37.1. The van der Waals surface area contributed by atoms with Crippen LogP contribution < -0.4 is 15.8 Å². The van der Waals surface area contributed by atoms with Crippen LogP contribution in [0.4, 0.5) is 17.1 Å². The molecule has 8 nitrogen and oxygen atoms in total. The second-order valence-electron chi connectivity index (χ2n) is 7.10. The minimum absolute atomic E-state index is 0.0937. The summed E-state index contributed by atoms with van der Waals surface area (Å²) in [5.74, 6) is -0.977. The Hall–Kier alpha value is -3.42. The molecule has 0 aromatic heterocycles. The van der Waals surface area contributed by atoms with Gasteiger partial charge in [-0.05, 0) is 48.6 Å². The van der Waals surface area contributed by atoms with Crippen LogP contribution in [-0.2, 0) is 22.4 Å². The second kappa shape index (κ2) is 7.30. The number of hydrazine groups is 1. The smallest absolute Gasteiger partial charge is 0.294 e. The zero-order valence-electron chi connectivity index (χ0n) is 15.2. The molecule has 0 saturated carbocycles. The first-order chi connectivity index (χ1) is 13.5. The topological polar surface area (TPSA) is 105 Å². The van der Waals surface area contributed by atoms with Crippen molar-refractivity contribution >= 4 is 28.9 Å². The monoisotopic (exact) mass is 380 g/mol. The molecule has 144 valence electrons. The molecule has 4 rings (SSSR count). The van der Waals surface area contributed by atoms with E-state index in [1.54, 1.807) is 17.0 Å². The van der Waals surface area contributed by atoms with Crippen LogP contribution in [0.25, 0.3) is 0 Å². The van der Waals surface area contributed by atoms with Crippen molar-refractivity contribution in [1.82, 2.24) is 5.43 Å². The number of nitro benzene ring substituents is 1. The number of aryl methyl sites for hydroxylation is 2. The molecule has 1 fully saturated rings. The minimum atomic E-state index is -0.525. The maximum absolute atomic E-state index is 12.5. The highest BCUT2D eigenvalue weighted by Crippen LogP contribution is 2.30. The van der Waals surface area contributed by atoms with Crippen LogP contribution in [0, 0.1) is 16.0 Å². The summed E-state index contributed by atoms with van der Waals surface area (Å²) in [5.41, 5.74) is 8.60. The van der Waals surface area contributed by atoms with Gasteiger partial charge in [-0.1, -0.05) is 18.2 Å². The van der Waals surface area contributed by atoms with Crippen molar-refractivity contribution in [3.05, 3.63) is 63.7 Å². The number of hydrogen-bond acceptors (Lipinski definition) is 5. The molecule has 0 radical (unpaired) electrons. The molecule has 1 aliphatic heterocycles. The number of nitro groups is 1. The van der Waals surface area contributed by atoms with Crippen molar-refractivity contribution in [3.63, 3.8) is 0 Å². The Morgan fingerprint density at radius 1 is 1.14 bits per heavy atom. The second-order valence-corrected chi connectivity index (χ2v) is 7.10. The van der Waals surface area contributed by atoms with Gasteiger partial charge in [0.15, 0.2) is 0 Å². The zero-order chi connectivity index (χ0) is 19.7. The van der Waals surface area contributed by atoms with Crippen LogP contribution >= 0.6 is 0 Å². The van der Waals surface area contributed by atoms with Crippen LogP contribution in [-0.4, -0.2) is 23.3 Å². The summed E-state index contributed by atoms with van der Waals surface area (Å²) in [5, 5.41) is 11.0. The van der Waals surface area contributed by atoms with Gasteiger partial charge in [0, 0.05) is 24.7 Å². The van der Waals surface area contributed by atoms with Gasteiger partial charge in [0.25, 0.3) is 5.69 Å². The Labute approximate surface area is 161 Å². The van der Waals surface area contributed by atoms with E-state index in [-0.39, 0.29) is 29.6 Å². The summed E-state index contributed by atoms with van der Waals surface area (Å²) in [7, 11) is 0. The lowest BCUT2D eigenvalue weighted by Crippen LogP contribution is -2.36. The SMILES string of the molecule is O=C(NNc1ccccc1[N+](=O)[O-])C1CC(=O)N(c2ccc3c(c2)CCC3)C1. The molecule has 28 heavy (non-hydrogen) atoms. The maximum Gasteiger partial charge on any atom is 0.294 e. The van der Waals surface area contributed by atoms with E-state index in [1.807, 2.05) is 12.1 Å². The Bertz CT molecular complexity index is 959. The van der Waals surface area contributed by atoms with Crippen LogP contribution in [0.3, 0.4) is 0 Å². The molecule has 1 saturated heterocycles. The highest BCUT2D eigenvalue weighted by molar-refractivity contribution is 6.00. The van der Waals surface area contributed by atoms with Crippen molar-refractivity contribution in [3.8, 4) is 0 Å². The summed E-state index contributed by atoms with van der Waals surface area (Å²) in [6, 6.07) is 12.1. The van der Waals surface area contributed by atoms with Crippen LogP contribution in [0.15, 0.2) is 42.5 Å². The van der Waals surface area contributed by atoms with E-state index in [1.165, 1.54) is 23.3 Å². The van der Waals surface area contributed by atoms with Gasteiger partial charge in [-0.2, -0.15) is 0 Å².